The molecular formula is C30H27FN2O3. The van der Waals surface area contributed by atoms with Crippen molar-refractivity contribution < 1.29 is 18.7 Å². The van der Waals surface area contributed by atoms with Gasteiger partial charge in [0.1, 0.15) is 12.4 Å². The van der Waals surface area contributed by atoms with E-state index in [0.717, 1.165) is 35.1 Å². The van der Waals surface area contributed by atoms with E-state index in [2.05, 4.69) is 4.98 Å². The van der Waals surface area contributed by atoms with Gasteiger partial charge >= 0.3 is 0 Å². The molecule has 1 aliphatic rings. The van der Waals surface area contributed by atoms with Gasteiger partial charge in [-0.05, 0) is 83.6 Å². The number of nitrogens with zero attached hydrogens (tertiary/aromatic N) is 2. The van der Waals surface area contributed by atoms with Crippen LogP contribution in [0.4, 0.5) is 4.39 Å². The summed E-state index contributed by atoms with van der Waals surface area (Å²) in [6, 6.07) is 23.6. The molecule has 3 aromatic carbocycles. The summed E-state index contributed by atoms with van der Waals surface area (Å²) in [7, 11) is 1.61. The number of rotatable bonds is 9. The van der Waals surface area contributed by atoms with E-state index in [9.17, 15) is 9.18 Å². The Balaban J connectivity index is 1.32. The van der Waals surface area contributed by atoms with Crippen LogP contribution in [0.25, 0.3) is 11.1 Å². The average molecular weight is 483 g/mol. The van der Waals surface area contributed by atoms with Gasteiger partial charge in [0, 0.05) is 30.5 Å². The standard InChI is InChI=1S/C30H27FN2O3/c1-35-28-12-5-22(17-29(28)36-20-21-13-15-32-16-14-21)19-33(27-10-11-27)30(34)24-8-6-23(7-9-24)25-3-2-4-26(31)18-25/h2-9,12-18,27H,10-11,19-20H2,1H3. The van der Waals surface area contributed by atoms with Crippen LogP contribution >= 0.6 is 0 Å². The highest BCUT2D eigenvalue weighted by atomic mass is 19.1. The number of ether oxygens (including phenoxy) is 2. The number of carbonyl (C=O) groups excluding carboxylic acids is 1. The molecule has 1 amide bonds. The van der Waals surface area contributed by atoms with Crippen molar-refractivity contribution in [1.29, 1.82) is 0 Å². The Labute approximate surface area is 210 Å². The highest BCUT2D eigenvalue weighted by molar-refractivity contribution is 5.95. The minimum Gasteiger partial charge on any atom is -0.493 e. The van der Waals surface area contributed by atoms with Gasteiger partial charge in [-0.15, -0.1) is 0 Å². The number of halogens is 1. The summed E-state index contributed by atoms with van der Waals surface area (Å²) in [4.78, 5) is 19.4. The molecule has 0 unspecified atom stereocenters. The summed E-state index contributed by atoms with van der Waals surface area (Å²) in [5, 5.41) is 0. The van der Waals surface area contributed by atoms with E-state index in [-0.39, 0.29) is 17.8 Å². The molecule has 6 heteroatoms. The third-order valence-corrected chi connectivity index (χ3v) is 6.26. The summed E-state index contributed by atoms with van der Waals surface area (Å²) in [5.41, 5.74) is 4.25. The van der Waals surface area contributed by atoms with Gasteiger partial charge in [-0.2, -0.15) is 0 Å². The molecule has 0 spiro atoms. The Morgan fingerprint density at radius 1 is 0.917 bits per heavy atom. The highest BCUT2D eigenvalue weighted by Gasteiger charge is 2.33. The van der Waals surface area contributed by atoms with E-state index in [1.165, 1.54) is 12.1 Å². The first-order valence-corrected chi connectivity index (χ1v) is 12.0. The summed E-state index contributed by atoms with van der Waals surface area (Å²) in [6.45, 7) is 0.871. The van der Waals surface area contributed by atoms with Crippen LogP contribution in [0.1, 0.15) is 34.3 Å². The number of benzene rings is 3. The lowest BCUT2D eigenvalue weighted by Gasteiger charge is -2.23. The Hall–Kier alpha value is -4.19. The summed E-state index contributed by atoms with van der Waals surface area (Å²) in [6.07, 6.45) is 5.45. The molecule has 0 saturated heterocycles. The molecule has 1 heterocycles. The van der Waals surface area contributed by atoms with Crippen LogP contribution in [-0.4, -0.2) is 28.9 Å². The Bertz CT molecular complexity index is 1340. The Morgan fingerprint density at radius 2 is 1.69 bits per heavy atom. The van der Waals surface area contributed by atoms with Crippen LogP contribution in [0.2, 0.25) is 0 Å². The summed E-state index contributed by atoms with van der Waals surface area (Å²) < 4.78 is 25.1. The minimum absolute atomic E-state index is 0.0154. The van der Waals surface area contributed by atoms with Gasteiger partial charge in [-0.1, -0.05) is 30.3 Å². The maximum Gasteiger partial charge on any atom is 0.254 e. The zero-order valence-corrected chi connectivity index (χ0v) is 20.1. The number of hydrogen-bond acceptors (Lipinski definition) is 4. The molecule has 5 nitrogen and oxygen atoms in total. The molecular weight excluding hydrogens is 455 g/mol. The van der Waals surface area contributed by atoms with E-state index in [1.807, 2.05) is 65.6 Å². The predicted molar refractivity (Wildman–Crippen MR) is 136 cm³/mol. The van der Waals surface area contributed by atoms with Gasteiger partial charge < -0.3 is 14.4 Å². The van der Waals surface area contributed by atoms with Crippen molar-refractivity contribution in [3.05, 3.63) is 114 Å². The molecule has 0 atom stereocenters. The lowest BCUT2D eigenvalue weighted by molar-refractivity contribution is 0.0729. The van der Waals surface area contributed by atoms with Crippen molar-refractivity contribution in [3.8, 4) is 22.6 Å². The van der Waals surface area contributed by atoms with Crippen molar-refractivity contribution in [2.75, 3.05) is 7.11 Å². The van der Waals surface area contributed by atoms with Crippen LogP contribution in [-0.2, 0) is 13.2 Å². The van der Waals surface area contributed by atoms with E-state index >= 15 is 0 Å². The maximum atomic E-state index is 13.6. The molecule has 4 aromatic rings. The van der Waals surface area contributed by atoms with E-state index in [4.69, 9.17) is 9.47 Å². The largest absolute Gasteiger partial charge is 0.493 e. The number of pyridine rings is 1. The van der Waals surface area contributed by atoms with Gasteiger partial charge in [0.2, 0.25) is 0 Å². The number of hydrogen-bond donors (Lipinski definition) is 0. The smallest absolute Gasteiger partial charge is 0.254 e. The quantitative estimate of drug-likeness (QED) is 0.282. The fourth-order valence-corrected chi connectivity index (χ4v) is 4.16. The Morgan fingerprint density at radius 3 is 2.39 bits per heavy atom. The maximum absolute atomic E-state index is 13.6. The van der Waals surface area contributed by atoms with Crippen LogP contribution in [0, 0.1) is 5.82 Å². The van der Waals surface area contributed by atoms with Gasteiger partial charge in [-0.25, -0.2) is 4.39 Å². The molecule has 36 heavy (non-hydrogen) atoms. The zero-order chi connectivity index (χ0) is 24.9. The van der Waals surface area contributed by atoms with Crippen molar-refractivity contribution in [1.82, 2.24) is 9.88 Å². The van der Waals surface area contributed by atoms with Crippen molar-refractivity contribution in [3.63, 3.8) is 0 Å². The van der Waals surface area contributed by atoms with E-state index in [1.54, 1.807) is 25.6 Å². The van der Waals surface area contributed by atoms with Gasteiger partial charge in [0.25, 0.3) is 5.91 Å². The fourth-order valence-electron chi connectivity index (χ4n) is 4.16. The van der Waals surface area contributed by atoms with Gasteiger partial charge in [-0.3, -0.25) is 9.78 Å². The molecule has 0 radical (unpaired) electrons. The minimum atomic E-state index is -0.281. The molecule has 0 aliphatic heterocycles. The molecule has 1 aromatic heterocycles. The molecule has 5 rings (SSSR count). The summed E-state index contributed by atoms with van der Waals surface area (Å²) in [5.74, 6) is 0.981. The number of aromatic nitrogens is 1. The van der Waals surface area contributed by atoms with Gasteiger partial charge in [0.15, 0.2) is 11.5 Å². The third-order valence-electron chi connectivity index (χ3n) is 6.26. The van der Waals surface area contributed by atoms with Gasteiger partial charge in [0.05, 0.1) is 7.11 Å². The Kier molecular flexibility index (Phi) is 6.94. The topological polar surface area (TPSA) is 51.7 Å². The predicted octanol–water partition coefficient (Wildman–Crippen LogP) is 6.28. The normalized spacial score (nSPS) is 12.7. The van der Waals surface area contributed by atoms with Crippen LogP contribution in [0.3, 0.4) is 0 Å². The van der Waals surface area contributed by atoms with Crippen LogP contribution < -0.4 is 9.47 Å². The van der Waals surface area contributed by atoms with Crippen molar-refractivity contribution in [2.45, 2.75) is 32.0 Å². The SMILES string of the molecule is COc1ccc(CN(C(=O)c2ccc(-c3cccc(F)c3)cc2)C2CC2)cc1OCc1ccncc1. The van der Waals surface area contributed by atoms with Crippen LogP contribution in [0.15, 0.2) is 91.3 Å². The first-order chi connectivity index (χ1) is 17.6. The first kappa shape index (κ1) is 23.5. The molecule has 1 saturated carbocycles. The van der Waals surface area contributed by atoms with Crippen molar-refractivity contribution in [2.24, 2.45) is 0 Å². The second kappa shape index (κ2) is 10.6. The van der Waals surface area contributed by atoms with Crippen LogP contribution in [0.5, 0.6) is 11.5 Å². The average Bonchev–Trinajstić information content (AvgIpc) is 3.76. The van der Waals surface area contributed by atoms with E-state index in [0.29, 0.717) is 30.2 Å². The van der Waals surface area contributed by atoms with E-state index < -0.39 is 0 Å². The zero-order valence-electron chi connectivity index (χ0n) is 20.1. The highest BCUT2D eigenvalue weighted by Crippen LogP contribution is 2.33. The molecule has 0 bridgehead atoms. The fraction of sp³-hybridized carbons (Fsp3) is 0.200. The lowest BCUT2D eigenvalue weighted by atomic mass is 10.0. The first-order valence-electron chi connectivity index (χ1n) is 12.0. The number of amides is 1. The van der Waals surface area contributed by atoms with Crippen molar-refractivity contribution >= 4 is 5.91 Å². The number of carbonyl (C=O) groups is 1. The summed E-state index contributed by atoms with van der Waals surface area (Å²) >= 11 is 0. The third kappa shape index (κ3) is 5.54. The second-order valence-electron chi connectivity index (χ2n) is 8.88. The second-order valence-corrected chi connectivity index (χ2v) is 8.88. The number of methoxy groups -OCH3 is 1. The molecule has 1 fully saturated rings. The molecule has 0 N–H and O–H groups in total. The monoisotopic (exact) mass is 482 g/mol. The molecule has 182 valence electrons. The molecule has 1 aliphatic carbocycles. The lowest BCUT2D eigenvalue weighted by Crippen LogP contribution is -2.32.